The van der Waals surface area contributed by atoms with Crippen molar-refractivity contribution in [2.75, 3.05) is 4.90 Å². The second kappa shape index (κ2) is 12.4. The van der Waals surface area contributed by atoms with Crippen molar-refractivity contribution in [3.63, 3.8) is 0 Å². The molecule has 2 heteroatoms. The predicted molar refractivity (Wildman–Crippen MR) is 235 cm³/mol. The molecule has 0 spiro atoms. The quantitative estimate of drug-likeness (QED) is 0.161. The van der Waals surface area contributed by atoms with Crippen LogP contribution in [0.25, 0.3) is 85.5 Å². The van der Waals surface area contributed by atoms with E-state index in [0.717, 1.165) is 11.4 Å². The Bertz CT molecular complexity index is 3230. The van der Waals surface area contributed by atoms with E-state index in [1.165, 1.54) is 91.2 Å². The van der Waals surface area contributed by atoms with Gasteiger partial charge in [-0.15, -0.1) is 11.3 Å². The fraction of sp³-hybridized carbons (Fsp3) is 0. The highest BCUT2D eigenvalue weighted by atomic mass is 32.1. The molecule has 0 radical (unpaired) electrons. The number of anilines is 3. The molecule has 0 atom stereocenters. The van der Waals surface area contributed by atoms with Crippen LogP contribution in [0.15, 0.2) is 200 Å². The van der Waals surface area contributed by atoms with Gasteiger partial charge in [0.2, 0.25) is 0 Å². The van der Waals surface area contributed by atoms with Crippen molar-refractivity contribution in [1.29, 1.82) is 0 Å². The van der Waals surface area contributed by atoms with Gasteiger partial charge in [0.05, 0.1) is 10.4 Å². The van der Waals surface area contributed by atoms with Crippen LogP contribution in [-0.2, 0) is 0 Å². The van der Waals surface area contributed by atoms with Crippen LogP contribution in [0.1, 0.15) is 0 Å². The molecule has 0 fully saturated rings. The van der Waals surface area contributed by atoms with Crippen LogP contribution in [0.4, 0.5) is 17.1 Å². The van der Waals surface area contributed by atoms with Gasteiger partial charge in [-0.1, -0.05) is 152 Å². The zero-order valence-corrected chi connectivity index (χ0v) is 30.2. The van der Waals surface area contributed by atoms with Crippen LogP contribution < -0.4 is 4.90 Å². The normalized spacial score (nSPS) is 11.7. The lowest BCUT2D eigenvalue weighted by Gasteiger charge is -2.27. The van der Waals surface area contributed by atoms with Crippen LogP contribution in [0.5, 0.6) is 0 Å². The Morgan fingerprint density at radius 3 is 1.74 bits per heavy atom. The maximum absolute atomic E-state index is 2.44. The third kappa shape index (κ3) is 4.99. The molecule has 0 aliphatic rings. The van der Waals surface area contributed by atoms with Gasteiger partial charge in [0, 0.05) is 26.8 Å². The monoisotopic (exact) mass is 703 g/mol. The predicted octanol–water partition coefficient (Wildman–Crippen LogP) is 15.5. The first kappa shape index (κ1) is 30.8. The summed E-state index contributed by atoms with van der Waals surface area (Å²) >= 11 is 1.87. The van der Waals surface area contributed by atoms with Gasteiger partial charge in [-0.3, -0.25) is 0 Å². The molecule has 0 N–H and O–H groups in total. The minimum atomic E-state index is 1.12. The molecule has 0 saturated heterocycles. The Labute approximate surface area is 317 Å². The summed E-state index contributed by atoms with van der Waals surface area (Å²) in [4.78, 5) is 2.44. The third-order valence-electron chi connectivity index (χ3n) is 11.0. The molecule has 1 nitrogen and oxygen atoms in total. The minimum Gasteiger partial charge on any atom is -0.309 e. The van der Waals surface area contributed by atoms with E-state index in [0.29, 0.717) is 0 Å². The van der Waals surface area contributed by atoms with Crippen LogP contribution in [0.2, 0.25) is 0 Å². The maximum atomic E-state index is 2.44. The summed E-state index contributed by atoms with van der Waals surface area (Å²) in [5.41, 5.74) is 8.28. The van der Waals surface area contributed by atoms with Crippen LogP contribution in [-0.4, -0.2) is 0 Å². The number of rotatable bonds is 5. The summed E-state index contributed by atoms with van der Waals surface area (Å²) < 4.78 is 2.58. The first-order valence-electron chi connectivity index (χ1n) is 18.5. The molecule has 252 valence electrons. The van der Waals surface area contributed by atoms with Gasteiger partial charge in [-0.25, -0.2) is 0 Å². The average molecular weight is 704 g/mol. The number of fused-ring (bicyclic) bond motifs is 9. The number of thiophene rings is 1. The molecule has 0 saturated carbocycles. The third-order valence-corrected chi connectivity index (χ3v) is 12.2. The molecule has 11 aromatic rings. The zero-order valence-electron chi connectivity index (χ0n) is 29.4. The van der Waals surface area contributed by atoms with Gasteiger partial charge in [-0.05, 0) is 114 Å². The van der Waals surface area contributed by atoms with Crippen molar-refractivity contribution in [1.82, 2.24) is 0 Å². The van der Waals surface area contributed by atoms with E-state index < -0.39 is 0 Å². The standard InChI is InChI=1S/C52H33NS/c1-3-15-42-34(11-1)23-24-35-25-26-38(32-48(35)42)37-13-9-14-41(31-37)53(50-21-10-20-47-46-19-7-8-22-51(46)54-52(47)50)40-29-27-36(28-30-40)49-33-39-12-2-4-16-43(39)44-17-5-6-18-45(44)49/h1-33H. The molecular weight excluding hydrogens is 671 g/mol. The lowest BCUT2D eigenvalue weighted by molar-refractivity contribution is 1.30. The average Bonchev–Trinajstić information content (AvgIpc) is 3.63. The number of hydrogen-bond donors (Lipinski definition) is 0. The minimum absolute atomic E-state index is 1.12. The van der Waals surface area contributed by atoms with E-state index in [2.05, 4.69) is 205 Å². The number of nitrogens with zero attached hydrogens (tertiary/aromatic N) is 1. The van der Waals surface area contributed by atoms with Crippen LogP contribution in [0.3, 0.4) is 0 Å². The fourth-order valence-electron chi connectivity index (χ4n) is 8.42. The lowest BCUT2D eigenvalue weighted by atomic mass is 9.93. The fourth-order valence-corrected chi connectivity index (χ4v) is 9.63. The Kier molecular flexibility index (Phi) is 7.11. The van der Waals surface area contributed by atoms with Crippen molar-refractivity contribution < 1.29 is 0 Å². The molecule has 0 aliphatic heterocycles. The van der Waals surface area contributed by atoms with E-state index in [4.69, 9.17) is 0 Å². The van der Waals surface area contributed by atoms with Gasteiger partial charge in [-0.2, -0.15) is 0 Å². The molecule has 0 amide bonds. The Morgan fingerprint density at radius 2 is 0.907 bits per heavy atom. The largest absolute Gasteiger partial charge is 0.309 e. The summed E-state index contributed by atoms with van der Waals surface area (Å²) in [5.74, 6) is 0. The highest BCUT2D eigenvalue weighted by Crippen LogP contribution is 2.46. The molecule has 54 heavy (non-hydrogen) atoms. The molecule has 10 aromatic carbocycles. The summed E-state index contributed by atoms with van der Waals surface area (Å²) in [6, 6.07) is 73.6. The Balaban J connectivity index is 1.09. The van der Waals surface area contributed by atoms with Gasteiger partial charge in [0.25, 0.3) is 0 Å². The summed E-state index contributed by atoms with van der Waals surface area (Å²) in [6.45, 7) is 0. The molecule has 0 aliphatic carbocycles. The summed E-state index contributed by atoms with van der Waals surface area (Å²) in [5, 5.41) is 12.8. The molecule has 1 aromatic heterocycles. The van der Waals surface area contributed by atoms with Crippen molar-refractivity contribution in [2.24, 2.45) is 0 Å². The van der Waals surface area contributed by atoms with Crippen molar-refractivity contribution in [3.8, 4) is 22.3 Å². The number of hydrogen-bond acceptors (Lipinski definition) is 2. The smallest absolute Gasteiger partial charge is 0.0640 e. The van der Waals surface area contributed by atoms with E-state index in [9.17, 15) is 0 Å². The van der Waals surface area contributed by atoms with E-state index >= 15 is 0 Å². The molecule has 1 heterocycles. The first-order valence-corrected chi connectivity index (χ1v) is 19.3. The first-order chi connectivity index (χ1) is 26.8. The topological polar surface area (TPSA) is 3.24 Å². The van der Waals surface area contributed by atoms with E-state index in [1.807, 2.05) is 11.3 Å². The maximum Gasteiger partial charge on any atom is 0.0640 e. The summed E-state index contributed by atoms with van der Waals surface area (Å²) in [7, 11) is 0. The van der Waals surface area contributed by atoms with Crippen molar-refractivity contribution in [3.05, 3.63) is 200 Å². The molecule has 0 bridgehead atoms. The molecular formula is C52H33NS. The molecule has 0 unspecified atom stereocenters. The highest BCUT2D eigenvalue weighted by Gasteiger charge is 2.19. The summed E-state index contributed by atoms with van der Waals surface area (Å²) in [6.07, 6.45) is 0. The van der Waals surface area contributed by atoms with E-state index in [1.54, 1.807) is 0 Å². The Morgan fingerprint density at radius 1 is 0.315 bits per heavy atom. The van der Waals surface area contributed by atoms with Crippen molar-refractivity contribution >= 4 is 91.7 Å². The number of benzene rings is 10. The van der Waals surface area contributed by atoms with Gasteiger partial charge in [0.15, 0.2) is 0 Å². The van der Waals surface area contributed by atoms with Crippen LogP contribution >= 0.6 is 11.3 Å². The molecule has 11 rings (SSSR count). The van der Waals surface area contributed by atoms with Gasteiger partial charge < -0.3 is 4.90 Å². The van der Waals surface area contributed by atoms with Crippen molar-refractivity contribution in [2.45, 2.75) is 0 Å². The second-order valence-electron chi connectivity index (χ2n) is 14.1. The second-order valence-corrected chi connectivity index (χ2v) is 15.2. The van der Waals surface area contributed by atoms with E-state index in [-0.39, 0.29) is 0 Å². The van der Waals surface area contributed by atoms with Crippen LogP contribution in [0, 0.1) is 0 Å². The van der Waals surface area contributed by atoms with Gasteiger partial charge in [0.1, 0.15) is 0 Å². The highest BCUT2D eigenvalue weighted by molar-refractivity contribution is 7.26. The Hall–Kier alpha value is -6.74. The lowest BCUT2D eigenvalue weighted by Crippen LogP contribution is -2.10. The zero-order chi connectivity index (χ0) is 35.6. The SMILES string of the molecule is c1cc(-c2ccc3ccc4ccccc4c3c2)cc(N(c2ccc(-c3cc4ccccc4c4ccccc34)cc2)c2cccc3c2sc2ccccc23)c1. The van der Waals surface area contributed by atoms with Gasteiger partial charge >= 0.3 is 0 Å².